The van der Waals surface area contributed by atoms with Crippen molar-refractivity contribution < 1.29 is 9.90 Å². The maximum absolute atomic E-state index is 12.3. The van der Waals surface area contributed by atoms with E-state index >= 15 is 0 Å². The molecule has 148 valence electrons. The van der Waals surface area contributed by atoms with Gasteiger partial charge in [-0.15, -0.1) is 0 Å². The highest BCUT2D eigenvalue weighted by atomic mass is 35.5. The lowest BCUT2D eigenvalue weighted by molar-refractivity contribution is 0.0976. The summed E-state index contributed by atoms with van der Waals surface area (Å²) >= 11 is 6.11. The van der Waals surface area contributed by atoms with Gasteiger partial charge in [0.1, 0.15) is 5.75 Å². The Morgan fingerprint density at radius 3 is 1.77 bits per heavy atom. The Morgan fingerprint density at radius 1 is 0.846 bits per heavy atom. The molecule has 0 saturated carbocycles. The Balaban J connectivity index is 2.02. The van der Waals surface area contributed by atoms with Crippen LogP contribution >= 0.6 is 11.6 Å². The third-order valence-electron chi connectivity index (χ3n) is 5.00. The minimum Gasteiger partial charge on any atom is -0.507 e. The van der Waals surface area contributed by atoms with Crippen LogP contribution in [0.25, 0.3) is 0 Å². The summed E-state index contributed by atoms with van der Waals surface area (Å²) in [6.45, 7) is 4.11. The molecule has 0 atom stereocenters. The first-order valence-electron chi connectivity index (χ1n) is 10.6. The average molecular weight is 381 g/mol. The molecular weight excluding hydrogens is 344 g/mol. The number of aromatic hydroxyl groups is 1. The second-order valence-corrected chi connectivity index (χ2v) is 7.96. The summed E-state index contributed by atoms with van der Waals surface area (Å²) in [5.74, 6) is -0.0368. The molecule has 0 spiro atoms. The summed E-state index contributed by atoms with van der Waals surface area (Å²) < 4.78 is 0. The summed E-state index contributed by atoms with van der Waals surface area (Å²) in [5, 5.41) is 10.3. The molecule has 1 N–H and O–H groups in total. The Hall–Kier alpha value is -1.02. The van der Waals surface area contributed by atoms with Crippen LogP contribution in [0.2, 0.25) is 5.02 Å². The van der Waals surface area contributed by atoms with Crippen molar-refractivity contribution in [1.29, 1.82) is 0 Å². The second-order valence-electron chi connectivity index (χ2n) is 7.56. The number of hydrogen-bond acceptors (Lipinski definition) is 2. The number of carbonyl (C=O) groups is 1. The van der Waals surface area contributed by atoms with E-state index in [-0.39, 0.29) is 17.1 Å². The van der Waals surface area contributed by atoms with E-state index in [4.69, 9.17) is 11.6 Å². The van der Waals surface area contributed by atoms with E-state index in [0.717, 1.165) is 18.4 Å². The lowest BCUT2D eigenvalue weighted by atomic mass is 10.0. The summed E-state index contributed by atoms with van der Waals surface area (Å²) in [6, 6.07) is 3.33. The molecule has 2 nitrogen and oxygen atoms in total. The first-order chi connectivity index (χ1) is 12.6. The smallest absolute Gasteiger partial charge is 0.168 e. The molecule has 0 fully saturated rings. The first kappa shape index (κ1) is 23.0. The minimum atomic E-state index is -0.0458. The fraction of sp³-hybridized carbons (Fsp3) is 0.696. The molecule has 0 amide bonds. The third kappa shape index (κ3) is 9.62. The van der Waals surface area contributed by atoms with Crippen LogP contribution in [0.1, 0.15) is 113 Å². The zero-order chi connectivity index (χ0) is 19.2. The van der Waals surface area contributed by atoms with Gasteiger partial charge in [0.2, 0.25) is 0 Å². The Bertz CT molecular complexity index is 502. The lowest BCUT2D eigenvalue weighted by Gasteiger charge is -2.08. The van der Waals surface area contributed by atoms with Gasteiger partial charge in [0.25, 0.3) is 0 Å². The summed E-state index contributed by atoms with van der Waals surface area (Å²) in [5.41, 5.74) is 1.15. The van der Waals surface area contributed by atoms with Gasteiger partial charge < -0.3 is 5.11 Å². The van der Waals surface area contributed by atoms with Gasteiger partial charge in [0, 0.05) is 6.42 Å². The molecule has 0 aliphatic heterocycles. The third-order valence-corrected chi connectivity index (χ3v) is 5.30. The molecule has 0 saturated heterocycles. The van der Waals surface area contributed by atoms with Gasteiger partial charge in [-0.25, -0.2) is 0 Å². The maximum atomic E-state index is 12.3. The Morgan fingerprint density at radius 2 is 1.31 bits per heavy atom. The molecule has 0 bridgehead atoms. The van der Waals surface area contributed by atoms with Crippen molar-refractivity contribution in [3.63, 3.8) is 0 Å². The largest absolute Gasteiger partial charge is 0.507 e. The molecule has 0 heterocycles. The zero-order valence-corrected chi connectivity index (χ0v) is 17.5. The van der Waals surface area contributed by atoms with Crippen molar-refractivity contribution >= 4 is 17.4 Å². The number of phenols is 1. The zero-order valence-electron chi connectivity index (χ0n) is 16.8. The van der Waals surface area contributed by atoms with E-state index in [1.165, 1.54) is 70.6 Å². The standard InChI is InChI=1S/C23H37ClO2/c1-3-4-5-6-7-8-9-10-11-12-13-14-15-16-21(25)23-20(24)17-19(2)18-22(23)26/h17-18,26H,3-16H2,1-2H3. The molecule has 0 radical (unpaired) electrons. The van der Waals surface area contributed by atoms with Gasteiger partial charge in [0.05, 0.1) is 10.6 Å². The van der Waals surface area contributed by atoms with Gasteiger partial charge in [-0.05, 0) is 31.0 Å². The molecule has 1 aromatic rings. The van der Waals surface area contributed by atoms with Gasteiger partial charge >= 0.3 is 0 Å². The van der Waals surface area contributed by atoms with E-state index in [1.807, 2.05) is 6.92 Å². The lowest BCUT2D eigenvalue weighted by Crippen LogP contribution is -2.01. The first-order valence-corrected chi connectivity index (χ1v) is 11.0. The van der Waals surface area contributed by atoms with Crippen molar-refractivity contribution in [3.05, 3.63) is 28.3 Å². The van der Waals surface area contributed by atoms with Crippen LogP contribution in [0.15, 0.2) is 12.1 Å². The molecule has 3 heteroatoms. The highest BCUT2D eigenvalue weighted by molar-refractivity contribution is 6.34. The summed E-state index contributed by atoms with van der Waals surface area (Å²) in [7, 11) is 0. The highest BCUT2D eigenvalue weighted by Gasteiger charge is 2.15. The van der Waals surface area contributed by atoms with Crippen LogP contribution in [0.5, 0.6) is 5.75 Å². The van der Waals surface area contributed by atoms with E-state index in [2.05, 4.69) is 6.92 Å². The fourth-order valence-corrected chi connectivity index (χ4v) is 3.80. The predicted octanol–water partition coefficient (Wildman–Crippen LogP) is 8.02. The van der Waals surface area contributed by atoms with Crippen LogP contribution in [-0.4, -0.2) is 10.9 Å². The molecule has 0 aromatic heterocycles. The summed E-state index contributed by atoms with van der Waals surface area (Å²) in [6.07, 6.45) is 17.2. The van der Waals surface area contributed by atoms with Crippen molar-refractivity contribution in [2.24, 2.45) is 0 Å². The summed E-state index contributed by atoms with van der Waals surface area (Å²) in [4.78, 5) is 12.3. The molecule has 1 aromatic carbocycles. The van der Waals surface area contributed by atoms with E-state index in [9.17, 15) is 9.90 Å². The normalized spacial score (nSPS) is 11.0. The van der Waals surface area contributed by atoms with Crippen LogP contribution in [-0.2, 0) is 0 Å². The number of ketones is 1. The van der Waals surface area contributed by atoms with Crippen LogP contribution in [0.4, 0.5) is 0 Å². The topological polar surface area (TPSA) is 37.3 Å². The predicted molar refractivity (Wildman–Crippen MR) is 112 cm³/mol. The minimum absolute atomic E-state index is 0.00898. The number of carbonyl (C=O) groups excluding carboxylic acids is 1. The number of benzene rings is 1. The molecule has 0 aliphatic rings. The van der Waals surface area contributed by atoms with Crippen LogP contribution in [0, 0.1) is 6.92 Å². The highest BCUT2D eigenvalue weighted by Crippen LogP contribution is 2.29. The van der Waals surface area contributed by atoms with Crippen LogP contribution < -0.4 is 0 Å². The number of aryl methyl sites for hydroxylation is 1. The quantitative estimate of drug-likeness (QED) is 0.247. The molecule has 0 unspecified atom stereocenters. The maximum Gasteiger partial charge on any atom is 0.168 e. The van der Waals surface area contributed by atoms with Crippen molar-refractivity contribution in [2.75, 3.05) is 0 Å². The van der Waals surface area contributed by atoms with Crippen LogP contribution in [0.3, 0.4) is 0 Å². The van der Waals surface area contributed by atoms with Gasteiger partial charge in [-0.1, -0.05) is 95.6 Å². The second kappa shape index (κ2) is 14.1. The molecule has 0 aliphatic carbocycles. The molecular formula is C23H37ClO2. The monoisotopic (exact) mass is 380 g/mol. The van der Waals surface area contributed by atoms with Gasteiger partial charge in [0.15, 0.2) is 5.78 Å². The van der Waals surface area contributed by atoms with E-state index in [0.29, 0.717) is 11.4 Å². The number of phenolic OH excluding ortho intramolecular Hbond substituents is 1. The van der Waals surface area contributed by atoms with Gasteiger partial charge in [-0.2, -0.15) is 0 Å². The Labute approximate surface area is 165 Å². The SMILES string of the molecule is CCCCCCCCCCCCCCCC(=O)c1c(O)cc(C)cc1Cl. The van der Waals surface area contributed by atoms with Crippen molar-refractivity contribution in [3.8, 4) is 5.75 Å². The fourth-order valence-electron chi connectivity index (χ4n) is 3.43. The Kier molecular flexibility index (Phi) is 12.5. The van der Waals surface area contributed by atoms with Gasteiger partial charge in [-0.3, -0.25) is 4.79 Å². The number of Topliss-reactive ketones (excluding diaryl/α,β-unsaturated/α-hetero) is 1. The van der Waals surface area contributed by atoms with Crippen molar-refractivity contribution in [1.82, 2.24) is 0 Å². The molecule has 1 rings (SSSR count). The van der Waals surface area contributed by atoms with Crippen molar-refractivity contribution in [2.45, 2.75) is 104 Å². The van der Waals surface area contributed by atoms with E-state index < -0.39 is 0 Å². The van der Waals surface area contributed by atoms with E-state index in [1.54, 1.807) is 12.1 Å². The number of unbranched alkanes of at least 4 members (excludes halogenated alkanes) is 12. The number of rotatable bonds is 15. The number of hydrogen-bond donors (Lipinski definition) is 1. The number of halogens is 1. The average Bonchev–Trinajstić information content (AvgIpc) is 2.58. The molecule has 26 heavy (non-hydrogen) atoms.